The summed E-state index contributed by atoms with van der Waals surface area (Å²) in [5.41, 5.74) is 2.36. The molecule has 3 rings (SSSR count). The van der Waals surface area contributed by atoms with Crippen molar-refractivity contribution in [3.8, 4) is 0 Å². The molecule has 0 saturated carbocycles. The number of rotatable bonds is 5. The van der Waals surface area contributed by atoms with E-state index in [1.54, 1.807) is 18.2 Å². The average molecular weight is 366 g/mol. The van der Waals surface area contributed by atoms with Crippen molar-refractivity contribution in [3.63, 3.8) is 0 Å². The van der Waals surface area contributed by atoms with Crippen LogP contribution in [0.4, 0.5) is 5.69 Å². The summed E-state index contributed by atoms with van der Waals surface area (Å²) in [6.07, 6.45) is 0.392. The normalized spacial score (nSPS) is 18.0. The summed E-state index contributed by atoms with van der Waals surface area (Å²) >= 11 is 0. The van der Waals surface area contributed by atoms with Crippen molar-refractivity contribution in [3.05, 3.63) is 65.7 Å². The first-order valence-electron chi connectivity index (χ1n) is 9.38. The SMILES string of the molecule is CC(CC(=O)Nc1cccc(C(=O)N2CCOCC2C)c1)c1ccccc1. The summed E-state index contributed by atoms with van der Waals surface area (Å²) in [6, 6.07) is 17.2. The first kappa shape index (κ1) is 19.1. The Kier molecular flexibility index (Phi) is 6.24. The van der Waals surface area contributed by atoms with Gasteiger partial charge in [-0.15, -0.1) is 0 Å². The van der Waals surface area contributed by atoms with Gasteiger partial charge in [-0.2, -0.15) is 0 Å². The highest BCUT2D eigenvalue weighted by molar-refractivity contribution is 5.97. The second kappa shape index (κ2) is 8.82. The number of nitrogens with one attached hydrogen (secondary N) is 1. The lowest BCUT2D eigenvalue weighted by Gasteiger charge is -2.33. The van der Waals surface area contributed by atoms with Gasteiger partial charge in [-0.1, -0.05) is 43.3 Å². The average Bonchev–Trinajstić information content (AvgIpc) is 2.68. The Morgan fingerprint density at radius 3 is 2.70 bits per heavy atom. The predicted molar refractivity (Wildman–Crippen MR) is 106 cm³/mol. The molecule has 2 unspecified atom stereocenters. The molecule has 5 heteroatoms. The van der Waals surface area contributed by atoms with E-state index in [1.807, 2.05) is 55.1 Å². The van der Waals surface area contributed by atoms with Crippen molar-refractivity contribution in [2.24, 2.45) is 0 Å². The molecule has 0 bridgehead atoms. The van der Waals surface area contributed by atoms with Crippen LogP contribution in [-0.4, -0.2) is 42.5 Å². The lowest BCUT2D eigenvalue weighted by atomic mass is 9.97. The number of benzene rings is 2. The molecule has 2 amide bonds. The maximum atomic E-state index is 12.8. The molecule has 1 heterocycles. The fourth-order valence-corrected chi connectivity index (χ4v) is 3.31. The van der Waals surface area contributed by atoms with Gasteiger partial charge in [-0.05, 0) is 36.6 Å². The molecule has 1 saturated heterocycles. The zero-order valence-corrected chi connectivity index (χ0v) is 15.9. The standard InChI is InChI=1S/C22H26N2O3/c1-16(18-7-4-3-5-8-18)13-21(25)23-20-10-6-9-19(14-20)22(26)24-11-12-27-15-17(24)2/h3-10,14,16-17H,11-13,15H2,1-2H3,(H,23,25). The van der Waals surface area contributed by atoms with Crippen LogP contribution in [0.5, 0.6) is 0 Å². The molecule has 2 aromatic rings. The summed E-state index contributed by atoms with van der Waals surface area (Å²) < 4.78 is 5.40. The van der Waals surface area contributed by atoms with Crippen LogP contribution in [0.25, 0.3) is 0 Å². The minimum Gasteiger partial charge on any atom is -0.377 e. The summed E-state index contributed by atoms with van der Waals surface area (Å²) in [4.78, 5) is 27.0. The Balaban J connectivity index is 1.63. The van der Waals surface area contributed by atoms with Gasteiger partial charge in [0.05, 0.1) is 19.3 Å². The van der Waals surface area contributed by atoms with E-state index in [0.717, 1.165) is 5.56 Å². The van der Waals surface area contributed by atoms with Gasteiger partial charge in [0.1, 0.15) is 0 Å². The third-order valence-electron chi connectivity index (χ3n) is 4.88. The van der Waals surface area contributed by atoms with E-state index in [4.69, 9.17) is 4.74 Å². The van der Waals surface area contributed by atoms with Crippen molar-refractivity contribution < 1.29 is 14.3 Å². The molecular weight excluding hydrogens is 340 g/mol. The third kappa shape index (κ3) is 4.95. The van der Waals surface area contributed by atoms with Gasteiger partial charge < -0.3 is 15.0 Å². The Morgan fingerprint density at radius 1 is 1.19 bits per heavy atom. The maximum absolute atomic E-state index is 12.8. The fourth-order valence-electron chi connectivity index (χ4n) is 3.31. The molecule has 2 aromatic carbocycles. The number of hydrogen-bond donors (Lipinski definition) is 1. The Labute approximate surface area is 160 Å². The van der Waals surface area contributed by atoms with Crippen molar-refractivity contribution in [2.75, 3.05) is 25.1 Å². The number of ether oxygens (including phenoxy) is 1. The highest BCUT2D eigenvalue weighted by atomic mass is 16.5. The molecule has 1 fully saturated rings. The van der Waals surface area contributed by atoms with Crippen molar-refractivity contribution in [2.45, 2.75) is 32.2 Å². The molecule has 0 spiro atoms. The molecule has 1 aliphatic rings. The lowest BCUT2D eigenvalue weighted by molar-refractivity contribution is -0.116. The number of hydrogen-bond acceptors (Lipinski definition) is 3. The summed E-state index contributed by atoms with van der Waals surface area (Å²) in [5.74, 6) is 0.0421. The summed E-state index contributed by atoms with van der Waals surface area (Å²) in [6.45, 7) is 5.72. The van der Waals surface area contributed by atoms with Crippen LogP contribution in [0.2, 0.25) is 0 Å². The highest BCUT2D eigenvalue weighted by Crippen LogP contribution is 2.20. The smallest absolute Gasteiger partial charge is 0.254 e. The van der Waals surface area contributed by atoms with Crippen LogP contribution in [0.1, 0.15) is 42.1 Å². The van der Waals surface area contributed by atoms with E-state index >= 15 is 0 Å². The number of carbonyl (C=O) groups is 2. The second-order valence-corrected chi connectivity index (χ2v) is 7.07. The second-order valence-electron chi connectivity index (χ2n) is 7.07. The van der Waals surface area contributed by atoms with Gasteiger partial charge in [0.15, 0.2) is 0 Å². The Hall–Kier alpha value is -2.66. The molecule has 0 aliphatic carbocycles. The van der Waals surface area contributed by atoms with E-state index in [-0.39, 0.29) is 23.8 Å². The van der Waals surface area contributed by atoms with E-state index in [0.29, 0.717) is 37.4 Å². The summed E-state index contributed by atoms with van der Waals surface area (Å²) in [5, 5.41) is 2.92. The number of morpholine rings is 1. The van der Waals surface area contributed by atoms with Gasteiger partial charge in [0.25, 0.3) is 5.91 Å². The molecule has 27 heavy (non-hydrogen) atoms. The minimum atomic E-state index is -0.0595. The van der Waals surface area contributed by atoms with Gasteiger partial charge in [-0.3, -0.25) is 9.59 Å². The van der Waals surface area contributed by atoms with Crippen molar-refractivity contribution in [1.29, 1.82) is 0 Å². The quantitative estimate of drug-likeness (QED) is 0.878. The van der Waals surface area contributed by atoms with Crippen LogP contribution >= 0.6 is 0 Å². The Bertz CT molecular complexity index is 791. The van der Waals surface area contributed by atoms with E-state index in [9.17, 15) is 9.59 Å². The zero-order valence-electron chi connectivity index (χ0n) is 15.9. The number of nitrogens with zero attached hydrogens (tertiary/aromatic N) is 1. The number of carbonyl (C=O) groups excluding carboxylic acids is 2. The van der Waals surface area contributed by atoms with Crippen LogP contribution < -0.4 is 5.32 Å². The van der Waals surface area contributed by atoms with Crippen LogP contribution in [0.15, 0.2) is 54.6 Å². The Morgan fingerprint density at radius 2 is 1.96 bits per heavy atom. The molecule has 0 aromatic heterocycles. The molecule has 1 N–H and O–H groups in total. The largest absolute Gasteiger partial charge is 0.377 e. The number of amides is 2. The molecule has 1 aliphatic heterocycles. The van der Waals surface area contributed by atoms with Crippen molar-refractivity contribution in [1.82, 2.24) is 4.90 Å². The van der Waals surface area contributed by atoms with Crippen LogP contribution in [-0.2, 0) is 9.53 Å². The monoisotopic (exact) mass is 366 g/mol. The minimum absolute atomic E-state index is 0.0282. The molecule has 142 valence electrons. The maximum Gasteiger partial charge on any atom is 0.254 e. The first-order valence-corrected chi connectivity index (χ1v) is 9.38. The molecule has 5 nitrogen and oxygen atoms in total. The fraction of sp³-hybridized carbons (Fsp3) is 0.364. The molecule has 2 atom stereocenters. The highest BCUT2D eigenvalue weighted by Gasteiger charge is 2.25. The van der Waals surface area contributed by atoms with E-state index in [1.165, 1.54) is 0 Å². The van der Waals surface area contributed by atoms with Gasteiger partial charge in [0.2, 0.25) is 5.91 Å². The van der Waals surface area contributed by atoms with Gasteiger partial charge >= 0.3 is 0 Å². The van der Waals surface area contributed by atoms with Crippen molar-refractivity contribution >= 4 is 17.5 Å². The topological polar surface area (TPSA) is 58.6 Å². The van der Waals surface area contributed by atoms with E-state index in [2.05, 4.69) is 5.32 Å². The third-order valence-corrected chi connectivity index (χ3v) is 4.88. The molecule has 0 radical (unpaired) electrons. The van der Waals surface area contributed by atoms with Gasteiger partial charge in [-0.25, -0.2) is 0 Å². The van der Waals surface area contributed by atoms with Gasteiger partial charge in [0, 0.05) is 24.2 Å². The first-order chi connectivity index (χ1) is 13.0. The lowest BCUT2D eigenvalue weighted by Crippen LogP contribution is -2.47. The molecular formula is C22H26N2O3. The van der Waals surface area contributed by atoms with E-state index < -0.39 is 0 Å². The zero-order chi connectivity index (χ0) is 19.2. The summed E-state index contributed by atoms with van der Waals surface area (Å²) in [7, 11) is 0. The number of anilines is 1. The van der Waals surface area contributed by atoms with Crippen LogP contribution in [0.3, 0.4) is 0 Å². The van der Waals surface area contributed by atoms with Crippen LogP contribution in [0, 0.1) is 0 Å². The predicted octanol–water partition coefficient (Wildman–Crippen LogP) is 3.68.